The Morgan fingerprint density at radius 1 is 1.12 bits per heavy atom. The lowest BCUT2D eigenvalue weighted by Crippen LogP contribution is -2.48. The van der Waals surface area contributed by atoms with Gasteiger partial charge < -0.3 is 14.9 Å². The monoisotopic (exact) mass is 476 g/mol. The van der Waals surface area contributed by atoms with E-state index in [1.165, 1.54) is 18.4 Å². The summed E-state index contributed by atoms with van der Waals surface area (Å²) in [7, 11) is -3.25. The number of hydrogen-bond donors (Lipinski definition) is 1. The molecule has 0 aromatic heterocycles. The molecule has 2 aromatic carbocycles. The van der Waals surface area contributed by atoms with Crippen molar-refractivity contribution >= 4 is 15.7 Å². The molecular formula is C25H33FN2O4S. The Labute approximate surface area is 195 Å². The van der Waals surface area contributed by atoms with E-state index in [-0.39, 0.29) is 29.1 Å². The molecule has 1 aliphatic heterocycles. The van der Waals surface area contributed by atoms with Crippen LogP contribution in [0.5, 0.6) is 0 Å². The molecule has 1 fully saturated rings. The maximum Gasteiger partial charge on any atom is 0.227 e. The molecule has 3 rings (SSSR count). The van der Waals surface area contributed by atoms with Crippen LogP contribution >= 0.6 is 0 Å². The third kappa shape index (κ3) is 7.09. The molecule has 0 spiro atoms. The van der Waals surface area contributed by atoms with Crippen molar-refractivity contribution in [1.82, 2.24) is 9.80 Å². The number of carbonyl (C=O) groups excluding carboxylic acids is 1. The van der Waals surface area contributed by atoms with Gasteiger partial charge in [-0.25, -0.2) is 12.8 Å². The van der Waals surface area contributed by atoms with Crippen LogP contribution in [0.1, 0.15) is 43.4 Å². The van der Waals surface area contributed by atoms with Crippen molar-refractivity contribution in [2.45, 2.75) is 49.6 Å². The second kappa shape index (κ2) is 11.2. The van der Waals surface area contributed by atoms with Gasteiger partial charge >= 0.3 is 0 Å². The summed E-state index contributed by atoms with van der Waals surface area (Å²) in [4.78, 5) is 17.4. The molecule has 33 heavy (non-hydrogen) atoms. The topological polar surface area (TPSA) is 77.9 Å². The number of halogens is 1. The molecule has 0 bridgehead atoms. The number of benzene rings is 2. The number of nitrogens with zero attached hydrogens (tertiary/aromatic N) is 2. The second-order valence-electron chi connectivity index (χ2n) is 8.70. The number of likely N-dealkylation sites (N-methyl/N-ethyl adjacent to an activating group) is 1. The highest BCUT2D eigenvalue weighted by Crippen LogP contribution is 2.22. The summed E-state index contributed by atoms with van der Waals surface area (Å²) in [6.07, 6.45) is 3.13. The molecule has 0 radical (unpaired) electrons. The van der Waals surface area contributed by atoms with Gasteiger partial charge in [0.15, 0.2) is 9.84 Å². The fraction of sp³-hybridized carbons (Fsp3) is 0.480. The van der Waals surface area contributed by atoms with Crippen molar-refractivity contribution in [2.75, 3.05) is 32.4 Å². The van der Waals surface area contributed by atoms with Crippen molar-refractivity contribution in [3.05, 3.63) is 65.5 Å². The fourth-order valence-corrected chi connectivity index (χ4v) is 5.01. The molecule has 1 saturated heterocycles. The zero-order valence-corrected chi connectivity index (χ0v) is 20.1. The lowest BCUT2D eigenvalue weighted by molar-refractivity contribution is -0.133. The number of hydrogen-bond acceptors (Lipinski definition) is 5. The van der Waals surface area contributed by atoms with Crippen molar-refractivity contribution in [3.8, 4) is 0 Å². The number of likely N-dealkylation sites (tertiary alicyclic amines) is 1. The minimum absolute atomic E-state index is 0.0507. The van der Waals surface area contributed by atoms with Crippen LogP contribution in [0.15, 0.2) is 53.4 Å². The molecule has 2 aromatic rings. The molecule has 8 heteroatoms. The zero-order valence-electron chi connectivity index (χ0n) is 19.3. The van der Waals surface area contributed by atoms with Gasteiger partial charge in [0, 0.05) is 38.5 Å². The Morgan fingerprint density at radius 3 is 2.27 bits per heavy atom. The first kappa shape index (κ1) is 25.3. The van der Waals surface area contributed by atoms with E-state index in [4.69, 9.17) is 0 Å². The molecule has 0 saturated carbocycles. The minimum atomic E-state index is -3.25. The number of piperidine rings is 1. The Morgan fingerprint density at radius 2 is 1.73 bits per heavy atom. The van der Waals surface area contributed by atoms with Crippen LogP contribution in [0.2, 0.25) is 0 Å². The van der Waals surface area contributed by atoms with Gasteiger partial charge in [0.1, 0.15) is 5.82 Å². The van der Waals surface area contributed by atoms with Gasteiger partial charge in [0.05, 0.1) is 17.4 Å². The SMILES string of the molecule is CCN(C(=O)Cc1ccc(S(C)(=O)=O)cc1)C1CCN(CCC(O)c2ccc(F)cc2)CC1. The van der Waals surface area contributed by atoms with E-state index >= 15 is 0 Å². The summed E-state index contributed by atoms with van der Waals surface area (Å²) in [5.74, 6) is -0.260. The van der Waals surface area contributed by atoms with Gasteiger partial charge in [-0.3, -0.25) is 4.79 Å². The lowest BCUT2D eigenvalue weighted by atomic mass is 10.0. The smallest absolute Gasteiger partial charge is 0.227 e. The summed E-state index contributed by atoms with van der Waals surface area (Å²) in [6, 6.07) is 12.6. The number of aliphatic hydroxyl groups excluding tert-OH is 1. The predicted molar refractivity (Wildman–Crippen MR) is 126 cm³/mol. The first-order valence-corrected chi connectivity index (χ1v) is 13.3. The largest absolute Gasteiger partial charge is 0.388 e. The standard InChI is InChI=1S/C25H33FN2O4S/c1-3-28(25(30)18-19-4-10-23(11-5-19)33(2,31)32)22-12-15-27(16-13-22)17-14-24(29)20-6-8-21(26)9-7-20/h4-11,22,24,29H,3,12-18H2,1-2H3. The van der Waals surface area contributed by atoms with Gasteiger partial charge in [-0.05, 0) is 61.6 Å². The van der Waals surface area contributed by atoms with Crippen LogP contribution in [0.4, 0.5) is 4.39 Å². The van der Waals surface area contributed by atoms with Crippen LogP contribution < -0.4 is 0 Å². The molecule has 1 unspecified atom stereocenters. The highest BCUT2D eigenvalue weighted by molar-refractivity contribution is 7.90. The molecule has 1 atom stereocenters. The van der Waals surface area contributed by atoms with Gasteiger partial charge in [-0.2, -0.15) is 0 Å². The highest BCUT2D eigenvalue weighted by atomic mass is 32.2. The number of sulfone groups is 1. The normalized spacial score (nSPS) is 16.5. The van der Waals surface area contributed by atoms with E-state index in [9.17, 15) is 22.7 Å². The van der Waals surface area contributed by atoms with E-state index in [2.05, 4.69) is 4.90 Å². The number of carbonyl (C=O) groups is 1. The van der Waals surface area contributed by atoms with E-state index in [0.29, 0.717) is 13.0 Å². The van der Waals surface area contributed by atoms with Crippen LogP contribution in [0, 0.1) is 5.82 Å². The first-order chi connectivity index (χ1) is 15.7. The van der Waals surface area contributed by atoms with Crippen molar-refractivity contribution in [3.63, 3.8) is 0 Å². The van der Waals surface area contributed by atoms with Crippen molar-refractivity contribution in [2.24, 2.45) is 0 Å². The second-order valence-corrected chi connectivity index (χ2v) is 10.7. The molecule has 6 nitrogen and oxygen atoms in total. The Bertz CT molecular complexity index is 1020. The zero-order chi connectivity index (χ0) is 24.0. The third-order valence-corrected chi connectivity index (χ3v) is 7.47. The van der Waals surface area contributed by atoms with E-state index in [1.54, 1.807) is 36.4 Å². The molecule has 1 N–H and O–H groups in total. The van der Waals surface area contributed by atoms with Gasteiger partial charge in [0.2, 0.25) is 5.91 Å². The maximum atomic E-state index is 13.1. The summed E-state index contributed by atoms with van der Waals surface area (Å²) >= 11 is 0. The Balaban J connectivity index is 1.48. The van der Waals surface area contributed by atoms with Crippen LogP contribution in [0.3, 0.4) is 0 Å². The summed E-state index contributed by atoms with van der Waals surface area (Å²) in [5, 5.41) is 10.4. The van der Waals surface area contributed by atoms with Gasteiger partial charge in [0.25, 0.3) is 0 Å². The van der Waals surface area contributed by atoms with E-state index in [0.717, 1.165) is 43.6 Å². The number of amides is 1. The van der Waals surface area contributed by atoms with Gasteiger partial charge in [-0.15, -0.1) is 0 Å². The molecule has 1 aliphatic rings. The summed E-state index contributed by atoms with van der Waals surface area (Å²) in [6.45, 7) is 5.07. The van der Waals surface area contributed by atoms with Crippen LogP contribution in [0.25, 0.3) is 0 Å². The van der Waals surface area contributed by atoms with Gasteiger partial charge in [-0.1, -0.05) is 24.3 Å². The average molecular weight is 477 g/mol. The van der Waals surface area contributed by atoms with Crippen LogP contribution in [-0.4, -0.2) is 67.7 Å². The van der Waals surface area contributed by atoms with Crippen molar-refractivity contribution < 1.29 is 22.7 Å². The molecule has 1 heterocycles. The Hall–Kier alpha value is -2.29. The molecule has 0 aliphatic carbocycles. The number of aliphatic hydroxyl groups is 1. The molecule has 1 amide bonds. The molecule has 180 valence electrons. The van der Waals surface area contributed by atoms with Crippen molar-refractivity contribution in [1.29, 1.82) is 0 Å². The average Bonchev–Trinajstić information content (AvgIpc) is 2.79. The fourth-order valence-electron chi connectivity index (χ4n) is 4.38. The quantitative estimate of drug-likeness (QED) is 0.601. The van der Waals surface area contributed by atoms with E-state index < -0.39 is 15.9 Å². The lowest BCUT2D eigenvalue weighted by Gasteiger charge is -2.38. The maximum absolute atomic E-state index is 13.1. The first-order valence-electron chi connectivity index (χ1n) is 11.4. The minimum Gasteiger partial charge on any atom is -0.388 e. The Kier molecular flexibility index (Phi) is 8.62. The predicted octanol–water partition coefficient (Wildman–Crippen LogP) is 3.21. The van der Waals surface area contributed by atoms with E-state index in [1.807, 2.05) is 11.8 Å². The summed E-state index contributed by atoms with van der Waals surface area (Å²) in [5.41, 5.74) is 1.52. The highest BCUT2D eigenvalue weighted by Gasteiger charge is 2.27. The molecular weight excluding hydrogens is 443 g/mol. The summed E-state index contributed by atoms with van der Waals surface area (Å²) < 4.78 is 36.3. The number of rotatable bonds is 9. The third-order valence-electron chi connectivity index (χ3n) is 6.34. The van der Waals surface area contributed by atoms with Crippen LogP contribution in [-0.2, 0) is 21.1 Å².